The van der Waals surface area contributed by atoms with E-state index in [0.717, 1.165) is 11.3 Å². The van der Waals surface area contributed by atoms with Crippen LogP contribution in [-0.4, -0.2) is 26.5 Å². The summed E-state index contributed by atoms with van der Waals surface area (Å²) < 4.78 is 5.15. The maximum absolute atomic E-state index is 12.4. The summed E-state index contributed by atoms with van der Waals surface area (Å²) in [6.45, 7) is -0.147. The summed E-state index contributed by atoms with van der Waals surface area (Å²) in [5, 5.41) is 8.76. The number of carbonyl (C=O) groups excluding carboxylic acids is 1. The smallest absolute Gasteiger partial charge is 0.187 e. The van der Waals surface area contributed by atoms with Crippen LogP contribution in [0.5, 0.6) is 5.75 Å². The van der Waals surface area contributed by atoms with Crippen LogP contribution in [0.25, 0.3) is 6.08 Å². The minimum atomic E-state index is -0.268. The molecular weight excluding hydrogens is 359 g/mol. The van der Waals surface area contributed by atoms with Crippen LogP contribution >= 0.6 is 23.2 Å². The van der Waals surface area contributed by atoms with Gasteiger partial charge in [-0.3, -0.25) is 4.79 Å². The van der Waals surface area contributed by atoms with Gasteiger partial charge in [0.15, 0.2) is 12.4 Å². The highest BCUT2D eigenvalue weighted by Crippen LogP contribution is 2.35. The molecule has 0 saturated heterocycles. The van der Waals surface area contributed by atoms with E-state index in [1.165, 1.54) is 18.2 Å². The van der Waals surface area contributed by atoms with Gasteiger partial charge in [-0.05, 0) is 35.9 Å². The average Bonchev–Trinajstić information content (AvgIpc) is 2.61. The molecule has 0 atom stereocenters. The average molecular weight is 375 g/mol. The molecule has 0 aliphatic rings. The van der Waals surface area contributed by atoms with Crippen LogP contribution in [0.2, 0.25) is 10.0 Å². The lowest BCUT2D eigenvalue weighted by Crippen LogP contribution is -2.07. The van der Waals surface area contributed by atoms with E-state index in [4.69, 9.17) is 33.2 Å². The highest BCUT2D eigenvalue weighted by molar-refractivity contribution is 6.45. The van der Waals surface area contributed by atoms with Crippen LogP contribution in [0.3, 0.4) is 0 Å². The first-order valence-corrected chi connectivity index (χ1v) is 8.17. The fraction of sp³-hybridized carbons (Fsp3) is 0.158. The van der Waals surface area contributed by atoms with E-state index in [9.17, 15) is 4.79 Å². The van der Waals surface area contributed by atoms with Crippen molar-refractivity contribution in [2.45, 2.75) is 0 Å². The van der Waals surface area contributed by atoms with Crippen molar-refractivity contribution in [2.75, 3.05) is 25.6 Å². The number of rotatable bonds is 6. The maximum atomic E-state index is 12.4. The van der Waals surface area contributed by atoms with Gasteiger partial charge in [0.25, 0.3) is 0 Å². The van der Waals surface area contributed by atoms with E-state index in [1.807, 2.05) is 49.3 Å². The van der Waals surface area contributed by atoms with E-state index < -0.39 is 0 Å². The molecule has 2 aromatic rings. The molecule has 0 saturated carbocycles. The zero-order chi connectivity index (χ0) is 18.4. The van der Waals surface area contributed by atoms with Crippen molar-refractivity contribution >= 4 is 40.7 Å². The predicted octanol–water partition coefficient (Wildman–Crippen LogP) is 4.86. The molecule has 128 valence electrons. The number of nitriles is 1. The van der Waals surface area contributed by atoms with Crippen LogP contribution in [0, 0.1) is 11.3 Å². The molecule has 0 aliphatic carbocycles. The van der Waals surface area contributed by atoms with Crippen molar-refractivity contribution < 1.29 is 9.53 Å². The van der Waals surface area contributed by atoms with Crippen molar-refractivity contribution in [1.29, 1.82) is 5.26 Å². The first-order valence-electron chi connectivity index (χ1n) is 7.41. The van der Waals surface area contributed by atoms with Gasteiger partial charge in [0.2, 0.25) is 0 Å². The molecule has 0 bridgehead atoms. The Labute approximate surface area is 156 Å². The van der Waals surface area contributed by atoms with Crippen molar-refractivity contribution in [1.82, 2.24) is 0 Å². The van der Waals surface area contributed by atoms with E-state index >= 15 is 0 Å². The molecule has 0 radical (unpaired) electrons. The number of allylic oxidation sites excluding steroid dienone is 1. The minimum absolute atomic E-state index is 0.106. The summed E-state index contributed by atoms with van der Waals surface area (Å²) >= 11 is 12.2. The Morgan fingerprint density at radius 3 is 2.44 bits per heavy atom. The second-order valence-corrected chi connectivity index (χ2v) is 6.13. The number of ketones is 1. The highest BCUT2D eigenvalue weighted by Gasteiger charge is 2.15. The fourth-order valence-corrected chi connectivity index (χ4v) is 2.56. The van der Waals surface area contributed by atoms with Gasteiger partial charge in [0.05, 0.1) is 5.02 Å². The van der Waals surface area contributed by atoms with Gasteiger partial charge < -0.3 is 9.64 Å². The van der Waals surface area contributed by atoms with Crippen LogP contribution in [0.1, 0.15) is 15.9 Å². The minimum Gasteiger partial charge on any atom is -0.477 e. The number of benzene rings is 2. The van der Waals surface area contributed by atoms with E-state index in [0.29, 0.717) is 0 Å². The molecule has 0 N–H and O–H groups in total. The number of halogens is 2. The van der Waals surface area contributed by atoms with E-state index in [1.54, 1.807) is 6.08 Å². The quantitative estimate of drug-likeness (QED) is 0.535. The molecule has 0 heterocycles. The van der Waals surface area contributed by atoms with Gasteiger partial charge >= 0.3 is 0 Å². The Balaban J connectivity index is 2.17. The van der Waals surface area contributed by atoms with Crippen molar-refractivity contribution in [3.05, 3.63) is 63.6 Å². The summed E-state index contributed by atoms with van der Waals surface area (Å²) in [6.07, 6.45) is 3.16. The van der Waals surface area contributed by atoms with Crippen molar-refractivity contribution in [3.63, 3.8) is 0 Å². The summed E-state index contributed by atoms with van der Waals surface area (Å²) in [7, 11) is 3.92. The molecule has 2 rings (SSSR count). The molecule has 25 heavy (non-hydrogen) atoms. The van der Waals surface area contributed by atoms with E-state index in [-0.39, 0.29) is 33.7 Å². The SMILES string of the molecule is CN(C)c1ccc(/C=C/C(=O)c2ccc(OCC#N)c(Cl)c2Cl)cc1. The molecule has 0 spiro atoms. The van der Waals surface area contributed by atoms with Gasteiger partial charge in [-0.15, -0.1) is 0 Å². The highest BCUT2D eigenvalue weighted by atomic mass is 35.5. The normalized spacial score (nSPS) is 10.5. The lowest BCUT2D eigenvalue weighted by Gasteiger charge is -2.11. The zero-order valence-electron chi connectivity index (χ0n) is 13.8. The number of ether oxygens (including phenoxy) is 1. The Morgan fingerprint density at radius 1 is 1.16 bits per heavy atom. The number of carbonyl (C=O) groups is 1. The standard InChI is InChI=1S/C19H16Cl2N2O2/c1-23(2)14-6-3-13(4-7-14)5-9-16(24)15-8-10-17(25-12-11-22)19(21)18(15)20/h3-10H,12H2,1-2H3/b9-5+. The molecule has 4 nitrogen and oxygen atoms in total. The molecule has 2 aromatic carbocycles. The topological polar surface area (TPSA) is 53.3 Å². The largest absolute Gasteiger partial charge is 0.477 e. The van der Waals surface area contributed by atoms with Gasteiger partial charge in [-0.25, -0.2) is 0 Å². The second kappa shape index (κ2) is 8.57. The maximum Gasteiger partial charge on any atom is 0.187 e. The monoisotopic (exact) mass is 374 g/mol. The number of hydrogen-bond donors (Lipinski definition) is 0. The number of nitrogens with zero attached hydrogens (tertiary/aromatic N) is 2. The van der Waals surface area contributed by atoms with Crippen molar-refractivity contribution in [2.24, 2.45) is 0 Å². The molecule has 0 fully saturated rings. The fourth-order valence-electron chi connectivity index (χ4n) is 2.09. The van der Waals surface area contributed by atoms with E-state index in [2.05, 4.69) is 0 Å². The number of hydrogen-bond acceptors (Lipinski definition) is 4. The van der Waals surface area contributed by atoms with Crippen LogP contribution in [0.4, 0.5) is 5.69 Å². The third-order valence-corrected chi connectivity index (χ3v) is 4.31. The van der Waals surface area contributed by atoms with Gasteiger partial charge in [0, 0.05) is 25.3 Å². The Hall–Kier alpha value is -2.48. The third kappa shape index (κ3) is 4.76. The molecule has 0 amide bonds. The lowest BCUT2D eigenvalue weighted by molar-refractivity contribution is 0.104. The van der Waals surface area contributed by atoms with Crippen molar-refractivity contribution in [3.8, 4) is 11.8 Å². The zero-order valence-corrected chi connectivity index (χ0v) is 15.3. The van der Waals surface area contributed by atoms with Gasteiger partial charge in [0.1, 0.15) is 16.8 Å². The first kappa shape index (κ1) is 18.9. The molecule has 0 aromatic heterocycles. The summed E-state index contributed by atoms with van der Waals surface area (Å²) in [6, 6.07) is 12.7. The Morgan fingerprint density at radius 2 is 1.84 bits per heavy atom. The lowest BCUT2D eigenvalue weighted by atomic mass is 10.1. The summed E-state index contributed by atoms with van der Waals surface area (Å²) in [4.78, 5) is 14.4. The van der Waals surface area contributed by atoms with Crippen LogP contribution < -0.4 is 9.64 Å². The molecule has 0 unspecified atom stereocenters. The van der Waals surface area contributed by atoms with Gasteiger partial charge in [-0.1, -0.05) is 41.4 Å². The predicted molar refractivity (Wildman–Crippen MR) is 102 cm³/mol. The number of anilines is 1. The van der Waals surface area contributed by atoms with Crippen LogP contribution in [-0.2, 0) is 0 Å². The Kier molecular flexibility index (Phi) is 6.46. The van der Waals surface area contributed by atoms with Crippen LogP contribution in [0.15, 0.2) is 42.5 Å². The summed E-state index contributed by atoms with van der Waals surface area (Å²) in [5.41, 5.74) is 2.25. The summed E-state index contributed by atoms with van der Waals surface area (Å²) in [5.74, 6) is 0.00318. The molecule has 6 heteroatoms. The second-order valence-electron chi connectivity index (χ2n) is 5.37. The molecular formula is C19H16Cl2N2O2. The Bertz CT molecular complexity index is 838. The third-order valence-electron chi connectivity index (χ3n) is 3.44. The first-order chi connectivity index (χ1) is 11.9. The van der Waals surface area contributed by atoms with Gasteiger partial charge in [-0.2, -0.15) is 5.26 Å². The molecule has 0 aliphatic heterocycles.